The number of nitrogens with one attached hydrogen (secondary N) is 1. The highest BCUT2D eigenvalue weighted by molar-refractivity contribution is 7.87. The van der Waals surface area contributed by atoms with Gasteiger partial charge >= 0.3 is 6.18 Å². The van der Waals surface area contributed by atoms with Gasteiger partial charge in [0, 0.05) is 24.5 Å². The molecule has 174 valence electrons. The Morgan fingerprint density at radius 2 is 1.62 bits per heavy atom. The maximum Gasteiger partial charge on any atom is 0.389 e. The minimum absolute atomic E-state index is 0.0203. The van der Waals surface area contributed by atoms with Crippen molar-refractivity contribution in [1.29, 1.82) is 0 Å². The fourth-order valence-corrected chi connectivity index (χ4v) is 5.09. The Labute approximate surface area is 186 Å². The zero-order valence-corrected chi connectivity index (χ0v) is 18.0. The highest BCUT2D eigenvalue weighted by atomic mass is 32.2. The third-order valence-electron chi connectivity index (χ3n) is 5.30. The number of rotatable bonds is 8. The Morgan fingerprint density at radius 1 is 1.06 bits per heavy atom. The normalized spacial score (nSPS) is 16.9. The number of halogens is 3. The lowest BCUT2D eigenvalue weighted by Crippen LogP contribution is -2.52. The second-order valence-electron chi connectivity index (χ2n) is 7.43. The van der Waals surface area contributed by atoms with Gasteiger partial charge in [-0.1, -0.05) is 24.3 Å². The summed E-state index contributed by atoms with van der Waals surface area (Å²) in [4.78, 5) is 12.8. The van der Waals surface area contributed by atoms with E-state index in [4.69, 9.17) is 14.7 Å². The van der Waals surface area contributed by atoms with E-state index in [0.717, 1.165) is 11.1 Å². The lowest BCUT2D eigenvalue weighted by molar-refractivity contribution is -0.136. The van der Waals surface area contributed by atoms with Gasteiger partial charge in [-0.25, -0.2) is 5.48 Å². The predicted octanol–water partition coefficient (Wildman–Crippen LogP) is 4.24. The van der Waals surface area contributed by atoms with Gasteiger partial charge in [-0.2, -0.15) is 13.2 Å². The second kappa shape index (κ2) is 10.5. The summed E-state index contributed by atoms with van der Waals surface area (Å²) in [6, 6.07) is 13.8. The van der Waals surface area contributed by atoms with Gasteiger partial charge in [0.1, 0.15) is 10.5 Å². The Hall–Kier alpha value is -2.43. The van der Waals surface area contributed by atoms with E-state index in [9.17, 15) is 22.2 Å². The molecular formula is C22H24F3NO5S. The van der Waals surface area contributed by atoms with Gasteiger partial charge < -0.3 is 9.47 Å². The highest BCUT2D eigenvalue weighted by Gasteiger charge is 2.46. The minimum atomic E-state index is -4.19. The summed E-state index contributed by atoms with van der Waals surface area (Å²) >= 11 is 0. The molecule has 0 saturated carbocycles. The summed E-state index contributed by atoms with van der Waals surface area (Å²) in [5, 5.41) is 9.13. The first kappa shape index (κ1) is 24.2. The van der Waals surface area contributed by atoms with Crippen LogP contribution in [0.1, 0.15) is 25.7 Å². The number of benzene rings is 2. The molecule has 6 nitrogen and oxygen atoms in total. The monoisotopic (exact) mass is 471 g/mol. The van der Waals surface area contributed by atoms with Gasteiger partial charge in [-0.3, -0.25) is 14.2 Å². The van der Waals surface area contributed by atoms with Gasteiger partial charge in [0.25, 0.3) is 5.91 Å². The number of carbonyl (C=O) groups excluding carboxylic acids is 1. The smallest absolute Gasteiger partial charge is 0.389 e. The average molecular weight is 471 g/mol. The van der Waals surface area contributed by atoms with Crippen LogP contribution in [-0.4, -0.2) is 46.1 Å². The Balaban J connectivity index is 1.66. The first-order valence-corrected chi connectivity index (χ1v) is 11.2. The molecule has 3 rings (SSSR count). The van der Waals surface area contributed by atoms with Crippen molar-refractivity contribution >= 4 is 16.7 Å². The van der Waals surface area contributed by atoms with Crippen LogP contribution in [0.2, 0.25) is 0 Å². The fraction of sp³-hybridized carbons (Fsp3) is 0.409. The molecule has 0 bridgehead atoms. The predicted molar refractivity (Wildman–Crippen MR) is 112 cm³/mol. The summed E-state index contributed by atoms with van der Waals surface area (Å²) in [5.41, 5.74) is 3.32. The molecule has 1 saturated heterocycles. The van der Waals surface area contributed by atoms with Crippen molar-refractivity contribution in [1.82, 2.24) is 5.48 Å². The quantitative estimate of drug-likeness (QED) is 0.342. The molecule has 2 N–H and O–H groups in total. The lowest BCUT2D eigenvalue weighted by atomic mass is 9.98. The zero-order valence-electron chi connectivity index (χ0n) is 17.2. The van der Waals surface area contributed by atoms with Gasteiger partial charge in [-0.05, 0) is 54.7 Å². The van der Waals surface area contributed by atoms with Crippen molar-refractivity contribution in [2.75, 3.05) is 19.8 Å². The Morgan fingerprint density at radius 3 is 2.16 bits per heavy atom. The van der Waals surface area contributed by atoms with Crippen LogP contribution in [0.5, 0.6) is 5.75 Å². The molecule has 0 spiro atoms. The molecule has 0 aromatic heterocycles. The van der Waals surface area contributed by atoms with Crippen molar-refractivity contribution in [3.8, 4) is 16.9 Å². The van der Waals surface area contributed by atoms with Gasteiger partial charge in [0.15, 0.2) is 0 Å². The molecule has 1 aliphatic rings. The standard InChI is InChI=1S/C22H24F3NO5S/c23-22(24,25)10-1-13-31-18-6-2-16(3-7-18)17-4-8-19(9-5-17)32(29)21(20(27)26-28)11-14-30-15-12-21/h2-9,28H,1,10-15H2,(H,26,27). The topological polar surface area (TPSA) is 84.9 Å². The van der Waals surface area contributed by atoms with E-state index in [1.54, 1.807) is 54.0 Å². The summed E-state index contributed by atoms with van der Waals surface area (Å²) in [7, 11) is -1.69. The first-order valence-electron chi connectivity index (χ1n) is 10.1. The van der Waals surface area contributed by atoms with Crippen molar-refractivity contribution in [2.45, 2.75) is 41.5 Å². The highest BCUT2D eigenvalue weighted by Crippen LogP contribution is 2.33. The molecule has 1 heterocycles. The summed E-state index contributed by atoms with van der Waals surface area (Å²) in [5.74, 6) is -0.209. The lowest BCUT2D eigenvalue weighted by Gasteiger charge is -2.33. The van der Waals surface area contributed by atoms with Crippen molar-refractivity contribution in [2.24, 2.45) is 0 Å². The molecule has 1 fully saturated rings. The number of amides is 1. The maximum atomic E-state index is 13.2. The van der Waals surface area contributed by atoms with Crippen molar-refractivity contribution < 1.29 is 36.9 Å². The van der Waals surface area contributed by atoms with Crippen molar-refractivity contribution in [3.63, 3.8) is 0 Å². The van der Waals surface area contributed by atoms with Crippen LogP contribution in [0.4, 0.5) is 13.2 Å². The van der Waals surface area contributed by atoms with Crippen molar-refractivity contribution in [3.05, 3.63) is 48.5 Å². The van der Waals surface area contributed by atoms with E-state index < -0.39 is 34.1 Å². The number of carbonyl (C=O) groups is 1. The molecule has 0 aliphatic carbocycles. The molecule has 0 radical (unpaired) electrons. The summed E-state index contributed by atoms with van der Waals surface area (Å²) in [6.45, 7) is 0.539. The van der Waals surface area contributed by atoms with E-state index in [1.165, 1.54) is 0 Å². The SMILES string of the molecule is O=C(NO)C1(S(=O)c2ccc(-c3ccc(OCCCC(F)(F)F)cc3)cc2)CCOCC1. The number of hydrogen-bond acceptors (Lipinski definition) is 5. The van der Waals surface area contributed by atoms with Crippen LogP contribution in [0.25, 0.3) is 11.1 Å². The minimum Gasteiger partial charge on any atom is -0.494 e. The van der Waals surface area contributed by atoms with E-state index in [0.29, 0.717) is 10.6 Å². The number of alkyl halides is 3. The molecular weight excluding hydrogens is 447 g/mol. The third kappa shape index (κ3) is 5.87. The number of hydroxylamine groups is 1. The maximum absolute atomic E-state index is 13.2. The Kier molecular flexibility index (Phi) is 7.91. The van der Waals surface area contributed by atoms with Crippen LogP contribution < -0.4 is 10.2 Å². The molecule has 2 aromatic rings. The van der Waals surface area contributed by atoms with Gasteiger partial charge in [0.2, 0.25) is 0 Å². The zero-order chi connectivity index (χ0) is 23.2. The van der Waals surface area contributed by atoms with E-state index in [2.05, 4.69) is 0 Å². The molecule has 1 unspecified atom stereocenters. The van der Waals surface area contributed by atoms with Crippen LogP contribution in [-0.2, 0) is 20.3 Å². The summed E-state index contributed by atoms with van der Waals surface area (Å²) in [6.07, 6.45) is -4.70. The molecule has 1 amide bonds. The van der Waals surface area contributed by atoms with E-state index >= 15 is 0 Å². The van der Waals surface area contributed by atoms with Crippen LogP contribution in [0, 0.1) is 0 Å². The third-order valence-corrected chi connectivity index (χ3v) is 7.30. The number of hydrogen-bond donors (Lipinski definition) is 2. The first-order chi connectivity index (χ1) is 15.2. The number of ether oxygens (including phenoxy) is 2. The largest absolute Gasteiger partial charge is 0.494 e. The molecule has 2 aromatic carbocycles. The molecule has 10 heteroatoms. The van der Waals surface area contributed by atoms with E-state index in [-0.39, 0.29) is 39.1 Å². The average Bonchev–Trinajstić information content (AvgIpc) is 2.81. The fourth-order valence-electron chi connectivity index (χ4n) is 3.50. The second-order valence-corrected chi connectivity index (χ2v) is 9.22. The molecule has 1 aliphatic heterocycles. The van der Waals surface area contributed by atoms with E-state index in [1.807, 2.05) is 0 Å². The van der Waals surface area contributed by atoms with Crippen LogP contribution in [0.3, 0.4) is 0 Å². The van der Waals surface area contributed by atoms with Gasteiger partial charge in [0.05, 0.1) is 17.4 Å². The Bertz CT molecular complexity index is 926. The molecule has 1 atom stereocenters. The summed E-state index contributed by atoms with van der Waals surface area (Å²) < 4.78 is 59.1. The van der Waals surface area contributed by atoms with Crippen LogP contribution in [0.15, 0.2) is 53.4 Å². The van der Waals surface area contributed by atoms with Gasteiger partial charge in [-0.15, -0.1) is 0 Å². The molecule has 32 heavy (non-hydrogen) atoms. The van der Waals surface area contributed by atoms with Crippen LogP contribution >= 0.6 is 0 Å².